The number of methoxy groups -OCH3 is 1. The Hall–Kier alpha value is -3.50. The van der Waals surface area contributed by atoms with Gasteiger partial charge in [-0.3, -0.25) is 4.90 Å². The molecule has 3 heterocycles. The summed E-state index contributed by atoms with van der Waals surface area (Å²) in [7, 11) is 1.58. The fourth-order valence-electron chi connectivity index (χ4n) is 5.25. The molecule has 0 saturated carbocycles. The molecule has 2 amide bonds. The molecule has 0 radical (unpaired) electrons. The minimum Gasteiger partial charge on any atom is -0.497 e. The number of ether oxygens (including phenoxy) is 2. The van der Waals surface area contributed by atoms with Crippen molar-refractivity contribution in [1.29, 1.82) is 0 Å². The Kier molecular flexibility index (Phi) is 7.59. The maximum absolute atomic E-state index is 13.7. The fraction of sp³-hybridized carbons (Fsp3) is 0.357. The van der Waals surface area contributed by atoms with Crippen molar-refractivity contribution in [2.75, 3.05) is 37.0 Å². The molecule has 39 heavy (non-hydrogen) atoms. The largest absolute Gasteiger partial charge is 0.497 e. The van der Waals surface area contributed by atoms with E-state index < -0.39 is 17.5 Å². The molecule has 0 bridgehead atoms. The van der Waals surface area contributed by atoms with Gasteiger partial charge in [-0.05, 0) is 42.3 Å². The summed E-state index contributed by atoms with van der Waals surface area (Å²) in [6, 6.07) is 17.4. The van der Waals surface area contributed by atoms with Crippen molar-refractivity contribution >= 4 is 29.1 Å². The monoisotopic (exact) mass is 560 g/mol. The molecule has 2 aliphatic heterocycles. The molecule has 0 aliphatic carbocycles. The number of urea groups is 1. The second-order valence-electron chi connectivity index (χ2n) is 9.64. The topological polar surface area (TPSA) is 66.9 Å². The van der Waals surface area contributed by atoms with Crippen molar-refractivity contribution in [1.82, 2.24) is 9.88 Å². The Labute approximate surface area is 229 Å². The number of hydrogen-bond acceptors (Lipinski definition) is 5. The summed E-state index contributed by atoms with van der Waals surface area (Å²) < 4.78 is 50.8. The molecule has 2 aromatic carbocycles. The Bertz CT molecular complexity index is 1300. The molecule has 1 spiro atoms. The molecular formula is C28H28ClF3N4O3. The van der Waals surface area contributed by atoms with Crippen LogP contribution in [0, 0.1) is 0 Å². The van der Waals surface area contributed by atoms with E-state index in [0.717, 1.165) is 17.8 Å². The summed E-state index contributed by atoms with van der Waals surface area (Å²) in [5.41, 5.74) is -0.0534. The zero-order chi connectivity index (χ0) is 27.6. The van der Waals surface area contributed by atoms with Crippen molar-refractivity contribution in [2.45, 2.75) is 37.2 Å². The highest BCUT2D eigenvalue weighted by Crippen LogP contribution is 2.41. The zero-order valence-electron chi connectivity index (χ0n) is 21.2. The highest BCUT2D eigenvalue weighted by atomic mass is 35.5. The van der Waals surface area contributed by atoms with Gasteiger partial charge >= 0.3 is 12.2 Å². The van der Waals surface area contributed by atoms with E-state index in [-0.39, 0.29) is 22.9 Å². The first-order chi connectivity index (χ1) is 18.7. The van der Waals surface area contributed by atoms with Gasteiger partial charge in [-0.25, -0.2) is 9.78 Å². The van der Waals surface area contributed by atoms with Crippen LogP contribution in [0.25, 0.3) is 0 Å². The third-order valence-electron chi connectivity index (χ3n) is 7.22. The van der Waals surface area contributed by atoms with Crippen LogP contribution in [0.5, 0.6) is 5.75 Å². The number of alkyl halides is 3. The number of benzene rings is 2. The van der Waals surface area contributed by atoms with Gasteiger partial charge in [0.15, 0.2) is 0 Å². The van der Waals surface area contributed by atoms with Gasteiger partial charge in [0.1, 0.15) is 17.3 Å². The number of amides is 2. The number of nitrogens with zero attached hydrogens (tertiary/aromatic N) is 3. The van der Waals surface area contributed by atoms with Crippen LogP contribution in [0.15, 0.2) is 66.9 Å². The van der Waals surface area contributed by atoms with Crippen LogP contribution in [-0.4, -0.2) is 54.5 Å². The minimum atomic E-state index is -4.52. The van der Waals surface area contributed by atoms with Crippen molar-refractivity contribution in [3.8, 4) is 5.75 Å². The average molecular weight is 561 g/mol. The van der Waals surface area contributed by atoms with Gasteiger partial charge in [0.25, 0.3) is 0 Å². The summed E-state index contributed by atoms with van der Waals surface area (Å²) in [6.45, 7) is 1.18. The highest BCUT2D eigenvalue weighted by molar-refractivity contribution is 6.33. The molecule has 2 aliphatic rings. The summed E-state index contributed by atoms with van der Waals surface area (Å²) in [5.74, 6) is 0.964. The predicted octanol–water partition coefficient (Wildman–Crippen LogP) is 6.23. The van der Waals surface area contributed by atoms with Gasteiger partial charge in [0.05, 0.1) is 30.3 Å². The second-order valence-corrected chi connectivity index (χ2v) is 10.1. The quantitative estimate of drug-likeness (QED) is 0.400. The van der Waals surface area contributed by atoms with E-state index >= 15 is 0 Å². The van der Waals surface area contributed by atoms with Gasteiger partial charge < -0.3 is 19.7 Å². The molecule has 1 aromatic heterocycles. The van der Waals surface area contributed by atoms with E-state index in [0.29, 0.717) is 50.4 Å². The number of nitrogens with one attached hydrogen (secondary N) is 1. The van der Waals surface area contributed by atoms with Crippen molar-refractivity contribution < 1.29 is 27.4 Å². The lowest BCUT2D eigenvalue weighted by Crippen LogP contribution is -2.58. The van der Waals surface area contributed by atoms with Gasteiger partial charge in [-0.1, -0.05) is 41.9 Å². The molecule has 5 rings (SSSR count). The van der Waals surface area contributed by atoms with Crippen LogP contribution in [-0.2, 0) is 17.3 Å². The second kappa shape index (κ2) is 10.9. The number of aromatic nitrogens is 1. The molecule has 11 heteroatoms. The van der Waals surface area contributed by atoms with E-state index in [4.69, 9.17) is 21.1 Å². The van der Waals surface area contributed by atoms with Crippen LogP contribution < -0.4 is 15.0 Å². The van der Waals surface area contributed by atoms with Gasteiger partial charge in [-0.15, -0.1) is 0 Å². The number of piperidine rings is 1. The van der Waals surface area contributed by atoms with E-state index in [9.17, 15) is 18.0 Å². The molecule has 7 nitrogen and oxygen atoms in total. The lowest BCUT2D eigenvalue weighted by molar-refractivity contribution is -0.137. The number of carbonyl (C=O) groups is 1. The standard InChI is InChI=1S/C28H28ClF3N4O3/c1-38-23-9-7-21(8-10-23)34-26(37)36-22(15-19-5-3-2-4-6-19)18-39-27(36)11-13-35(14-12-27)25-24(29)16-20(17-33-25)28(30,31)32/h2-10,16-17,22H,11-15,18H2,1H3,(H,34,37). The third kappa shape index (κ3) is 5.77. The highest BCUT2D eigenvalue weighted by Gasteiger charge is 2.52. The van der Waals surface area contributed by atoms with Crippen LogP contribution in [0.1, 0.15) is 24.0 Å². The summed E-state index contributed by atoms with van der Waals surface area (Å²) in [5, 5.41) is 2.93. The van der Waals surface area contributed by atoms with Gasteiger partial charge in [0.2, 0.25) is 0 Å². The predicted molar refractivity (Wildman–Crippen MR) is 142 cm³/mol. The van der Waals surface area contributed by atoms with Crippen LogP contribution >= 0.6 is 11.6 Å². The maximum atomic E-state index is 13.7. The summed E-state index contributed by atoms with van der Waals surface area (Å²) in [4.78, 5) is 21.4. The summed E-state index contributed by atoms with van der Waals surface area (Å²) in [6.07, 6.45) is -2.23. The minimum absolute atomic E-state index is 0.0656. The number of anilines is 2. The fourth-order valence-corrected chi connectivity index (χ4v) is 5.53. The molecule has 206 valence electrons. The van der Waals surface area contributed by atoms with Crippen LogP contribution in [0.3, 0.4) is 0 Å². The van der Waals surface area contributed by atoms with E-state index in [1.54, 1.807) is 36.3 Å². The third-order valence-corrected chi connectivity index (χ3v) is 7.49. The molecule has 1 N–H and O–H groups in total. The van der Waals surface area contributed by atoms with Crippen molar-refractivity contribution in [3.05, 3.63) is 83.0 Å². The lowest BCUT2D eigenvalue weighted by Gasteiger charge is -2.45. The number of halogens is 4. The van der Waals surface area contributed by atoms with E-state index in [1.165, 1.54) is 0 Å². The number of carbonyl (C=O) groups excluding carboxylic acids is 1. The van der Waals surface area contributed by atoms with Crippen LogP contribution in [0.2, 0.25) is 5.02 Å². The normalized spacial score (nSPS) is 18.8. The van der Waals surface area contributed by atoms with Crippen molar-refractivity contribution in [2.24, 2.45) is 0 Å². The number of pyridine rings is 1. The molecule has 1 unspecified atom stereocenters. The molecule has 2 saturated heterocycles. The maximum Gasteiger partial charge on any atom is 0.417 e. The Balaban J connectivity index is 1.36. The van der Waals surface area contributed by atoms with Gasteiger partial charge in [0, 0.05) is 37.8 Å². The molecule has 1 atom stereocenters. The average Bonchev–Trinajstić information content (AvgIpc) is 3.26. The zero-order valence-corrected chi connectivity index (χ0v) is 22.0. The molecular weight excluding hydrogens is 533 g/mol. The molecule has 3 aromatic rings. The van der Waals surface area contributed by atoms with Crippen LogP contribution in [0.4, 0.5) is 29.5 Å². The Morgan fingerprint density at radius 2 is 1.85 bits per heavy atom. The first-order valence-electron chi connectivity index (χ1n) is 12.6. The van der Waals surface area contributed by atoms with Gasteiger partial charge in [-0.2, -0.15) is 13.2 Å². The molecule has 2 fully saturated rings. The Morgan fingerprint density at radius 3 is 2.46 bits per heavy atom. The first kappa shape index (κ1) is 27.1. The number of hydrogen-bond donors (Lipinski definition) is 1. The van der Waals surface area contributed by atoms with E-state index in [1.807, 2.05) is 35.2 Å². The number of rotatable bonds is 5. The van der Waals surface area contributed by atoms with E-state index in [2.05, 4.69) is 10.3 Å². The Morgan fingerprint density at radius 1 is 1.15 bits per heavy atom. The lowest BCUT2D eigenvalue weighted by atomic mass is 9.96. The summed E-state index contributed by atoms with van der Waals surface area (Å²) >= 11 is 6.21. The smallest absolute Gasteiger partial charge is 0.417 e. The SMILES string of the molecule is COc1ccc(NC(=O)N2C(Cc3ccccc3)COC23CCN(c2ncc(C(F)(F)F)cc2Cl)CC3)cc1. The first-order valence-corrected chi connectivity index (χ1v) is 13.0. The van der Waals surface area contributed by atoms with Crippen molar-refractivity contribution in [3.63, 3.8) is 0 Å².